The topological polar surface area (TPSA) is 128 Å². The molecule has 0 aliphatic carbocycles. The normalized spacial score (nSPS) is 17.2. The number of amides is 1. The third kappa shape index (κ3) is 2.97. The lowest BCUT2D eigenvalue weighted by Crippen LogP contribution is -2.25. The molecule has 2 aromatic rings. The van der Waals surface area contributed by atoms with Crippen molar-refractivity contribution in [2.75, 3.05) is 18.2 Å². The molecule has 0 radical (unpaired) electrons. The second kappa shape index (κ2) is 6.24. The van der Waals surface area contributed by atoms with Crippen molar-refractivity contribution in [3.05, 3.63) is 28.8 Å². The summed E-state index contributed by atoms with van der Waals surface area (Å²) in [5.41, 5.74) is 1.73. The van der Waals surface area contributed by atoms with Crippen molar-refractivity contribution in [2.45, 2.75) is 18.2 Å². The number of hydrogen-bond acceptors (Lipinski definition) is 8. The molecule has 0 saturated carbocycles. The number of oxime groups is 1. The van der Waals surface area contributed by atoms with Crippen LogP contribution in [0.25, 0.3) is 0 Å². The Bertz CT molecular complexity index is 979. The van der Waals surface area contributed by atoms with Crippen molar-refractivity contribution in [3.63, 3.8) is 0 Å². The Morgan fingerprint density at radius 2 is 2.16 bits per heavy atom. The van der Waals surface area contributed by atoms with Gasteiger partial charge in [-0.15, -0.1) is 0 Å². The molecule has 0 atom stereocenters. The summed E-state index contributed by atoms with van der Waals surface area (Å²) in [6.07, 6.45) is 0.224. The minimum absolute atomic E-state index is 0.0439. The lowest BCUT2D eigenvalue weighted by Gasteiger charge is -2.21. The van der Waals surface area contributed by atoms with Crippen molar-refractivity contribution in [2.24, 2.45) is 12.2 Å². The summed E-state index contributed by atoms with van der Waals surface area (Å²) in [5, 5.41) is 17.3. The Balaban J connectivity index is 2.09. The monoisotopic (exact) mass is 364 g/mol. The standard InChI is InChI=1S/C14H16N6O4S/c1-8-9(13(21)15-14-16-18-19-20(14)2)4-5-11-12(8)10(17-24-3)6-7-25(11,22)23/h4-5H,6-7H2,1-3H3,(H,15,16,19,21). The lowest BCUT2D eigenvalue weighted by molar-refractivity contribution is 0.102. The molecule has 1 aliphatic heterocycles. The van der Waals surface area contributed by atoms with Gasteiger partial charge in [-0.3, -0.25) is 10.1 Å². The molecule has 0 saturated heterocycles. The van der Waals surface area contributed by atoms with E-state index in [4.69, 9.17) is 4.84 Å². The molecule has 1 N–H and O–H groups in total. The van der Waals surface area contributed by atoms with Crippen LogP contribution in [0.5, 0.6) is 0 Å². The van der Waals surface area contributed by atoms with Crippen molar-refractivity contribution < 1.29 is 18.0 Å². The Hall–Kier alpha value is -2.82. The van der Waals surface area contributed by atoms with Gasteiger partial charge in [0.15, 0.2) is 9.84 Å². The molecule has 25 heavy (non-hydrogen) atoms. The zero-order valence-corrected chi connectivity index (χ0v) is 14.7. The zero-order valence-electron chi connectivity index (χ0n) is 13.8. The van der Waals surface area contributed by atoms with Gasteiger partial charge in [0.25, 0.3) is 5.91 Å². The average Bonchev–Trinajstić information content (AvgIpc) is 2.95. The predicted octanol–water partition coefficient (Wildman–Crippen LogP) is 0.299. The van der Waals surface area contributed by atoms with Crippen molar-refractivity contribution in [3.8, 4) is 0 Å². The fourth-order valence-electron chi connectivity index (χ4n) is 2.72. The maximum atomic E-state index is 12.6. The second-order valence-corrected chi connectivity index (χ2v) is 7.56. The van der Waals surface area contributed by atoms with Crippen LogP contribution in [0.1, 0.15) is 27.9 Å². The Morgan fingerprint density at radius 3 is 2.80 bits per heavy atom. The van der Waals surface area contributed by atoms with E-state index >= 15 is 0 Å². The third-order valence-electron chi connectivity index (χ3n) is 3.95. The van der Waals surface area contributed by atoms with Gasteiger partial charge in [-0.05, 0) is 35.0 Å². The molecule has 1 aliphatic rings. The van der Waals surface area contributed by atoms with Gasteiger partial charge >= 0.3 is 0 Å². The first-order chi connectivity index (χ1) is 11.8. The van der Waals surface area contributed by atoms with Gasteiger partial charge < -0.3 is 4.84 Å². The number of hydrogen-bond donors (Lipinski definition) is 1. The van der Waals surface area contributed by atoms with Crippen molar-refractivity contribution in [1.29, 1.82) is 0 Å². The van der Waals surface area contributed by atoms with Crippen LogP contribution in [0, 0.1) is 6.92 Å². The minimum atomic E-state index is -3.42. The SMILES string of the molecule is CON=C1CCS(=O)(=O)c2ccc(C(=O)Nc3nnnn3C)c(C)c21. The van der Waals surface area contributed by atoms with Gasteiger partial charge in [0, 0.05) is 24.6 Å². The highest BCUT2D eigenvalue weighted by Gasteiger charge is 2.31. The number of nitrogens with one attached hydrogen (secondary N) is 1. The average molecular weight is 364 g/mol. The maximum absolute atomic E-state index is 12.6. The number of aromatic nitrogens is 4. The largest absolute Gasteiger partial charge is 0.399 e. The fraction of sp³-hybridized carbons (Fsp3) is 0.357. The summed E-state index contributed by atoms with van der Waals surface area (Å²) in [7, 11) is -0.439. The van der Waals surface area contributed by atoms with Crippen LogP contribution < -0.4 is 5.32 Å². The molecule has 132 valence electrons. The summed E-state index contributed by atoms with van der Waals surface area (Å²) in [5.74, 6) is -0.309. The first-order valence-electron chi connectivity index (χ1n) is 7.35. The molecule has 0 unspecified atom stereocenters. The van der Waals surface area contributed by atoms with Crippen LogP contribution in [0.15, 0.2) is 22.2 Å². The number of carbonyl (C=O) groups is 1. The Kier molecular flexibility index (Phi) is 4.25. The molecule has 3 rings (SSSR count). The number of aryl methyl sites for hydroxylation is 1. The smallest absolute Gasteiger partial charge is 0.258 e. The van der Waals surface area contributed by atoms with Gasteiger partial charge in [-0.2, -0.15) is 0 Å². The number of anilines is 1. The molecular weight excluding hydrogens is 348 g/mol. The third-order valence-corrected chi connectivity index (χ3v) is 5.70. The second-order valence-electron chi connectivity index (χ2n) is 5.48. The number of benzene rings is 1. The van der Waals surface area contributed by atoms with E-state index in [0.29, 0.717) is 22.4 Å². The summed E-state index contributed by atoms with van der Waals surface area (Å²) in [4.78, 5) is 17.5. The highest BCUT2D eigenvalue weighted by atomic mass is 32.2. The predicted molar refractivity (Wildman–Crippen MR) is 88.1 cm³/mol. The number of rotatable bonds is 3. The molecule has 0 bridgehead atoms. The quantitative estimate of drug-likeness (QED) is 0.776. The van der Waals surface area contributed by atoms with Gasteiger partial charge in [0.05, 0.1) is 16.4 Å². The van der Waals surface area contributed by atoms with Crippen LogP contribution in [0.2, 0.25) is 0 Å². The van der Waals surface area contributed by atoms with Crippen molar-refractivity contribution in [1.82, 2.24) is 20.2 Å². The van der Waals surface area contributed by atoms with Gasteiger partial charge in [-0.1, -0.05) is 10.3 Å². The molecule has 1 amide bonds. The van der Waals surface area contributed by atoms with E-state index in [0.717, 1.165) is 0 Å². The van der Waals surface area contributed by atoms with Crippen LogP contribution in [0.3, 0.4) is 0 Å². The summed E-state index contributed by atoms with van der Waals surface area (Å²) in [6.45, 7) is 1.68. The summed E-state index contributed by atoms with van der Waals surface area (Å²) >= 11 is 0. The first kappa shape index (κ1) is 17.0. The molecule has 2 heterocycles. The minimum Gasteiger partial charge on any atom is -0.399 e. The van der Waals surface area contributed by atoms with E-state index in [9.17, 15) is 13.2 Å². The van der Waals surface area contributed by atoms with E-state index in [1.165, 1.54) is 23.9 Å². The zero-order chi connectivity index (χ0) is 18.2. The van der Waals surface area contributed by atoms with E-state index in [1.54, 1.807) is 14.0 Å². The molecule has 11 heteroatoms. The number of tetrazole rings is 1. The van der Waals surface area contributed by atoms with Crippen LogP contribution in [-0.4, -0.2) is 53.1 Å². The number of nitrogens with zero attached hydrogens (tertiary/aromatic N) is 5. The van der Waals surface area contributed by atoms with Crippen LogP contribution in [0.4, 0.5) is 5.95 Å². The molecule has 0 fully saturated rings. The van der Waals surface area contributed by atoms with Gasteiger partial charge in [0.1, 0.15) is 7.11 Å². The van der Waals surface area contributed by atoms with E-state index < -0.39 is 15.7 Å². The van der Waals surface area contributed by atoms with E-state index in [-0.39, 0.29) is 23.0 Å². The first-order valence-corrected chi connectivity index (χ1v) is 9.01. The summed E-state index contributed by atoms with van der Waals surface area (Å²) in [6, 6.07) is 2.90. The van der Waals surface area contributed by atoms with Gasteiger partial charge in [0.2, 0.25) is 5.95 Å². The number of fused-ring (bicyclic) bond motifs is 1. The number of carbonyl (C=O) groups excluding carboxylic acids is 1. The van der Waals surface area contributed by atoms with Crippen LogP contribution in [-0.2, 0) is 21.7 Å². The van der Waals surface area contributed by atoms with E-state index in [1.807, 2.05) is 0 Å². The lowest BCUT2D eigenvalue weighted by atomic mass is 9.96. The fourth-order valence-corrected chi connectivity index (χ4v) is 4.26. The molecular formula is C14H16N6O4S. The van der Waals surface area contributed by atoms with Crippen LogP contribution >= 0.6 is 0 Å². The van der Waals surface area contributed by atoms with E-state index in [2.05, 4.69) is 26.0 Å². The summed E-state index contributed by atoms with van der Waals surface area (Å²) < 4.78 is 26.0. The van der Waals surface area contributed by atoms with Gasteiger partial charge in [-0.25, -0.2) is 13.1 Å². The maximum Gasteiger partial charge on any atom is 0.258 e. The Labute approximate surface area is 143 Å². The highest BCUT2D eigenvalue weighted by molar-refractivity contribution is 7.91. The highest BCUT2D eigenvalue weighted by Crippen LogP contribution is 2.30. The number of sulfone groups is 1. The van der Waals surface area contributed by atoms with Crippen molar-refractivity contribution >= 4 is 27.4 Å². The molecule has 1 aromatic carbocycles. The molecule has 10 nitrogen and oxygen atoms in total. The Morgan fingerprint density at radius 1 is 1.40 bits per heavy atom. The molecule has 1 aromatic heterocycles. The molecule has 0 spiro atoms.